The summed E-state index contributed by atoms with van der Waals surface area (Å²) in [6.45, 7) is 2.61. The SMILES string of the molecule is CN(CCOc1ccccc1)CCOc1ccc(S(N)(=O)=O)cc1. The molecule has 0 aromatic heterocycles. The number of para-hydroxylation sites is 1. The molecule has 0 fully saturated rings. The van der Waals surface area contributed by atoms with Crippen molar-refractivity contribution in [3.05, 3.63) is 54.6 Å². The number of hydrogen-bond acceptors (Lipinski definition) is 5. The van der Waals surface area contributed by atoms with Crippen molar-refractivity contribution in [1.29, 1.82) is 0 Å². The van der Waals surface area contributed by atoms with Crippen LogP contribution in [0.15, 0.2) is 59.5 Å². The molecule has 0 aliphatic carbocycles. The fraction of sp³-hybridized carbons (Fsp3) is 0.294. The minimum Gasteiger partial charge on any atom is -0.492 e. The molecule has 0 heterocycles. The highest BCUT2D eigenvalue weighted by atomic mass is 32.2. The van der Waals surface area contributed by atoms with Gasteiger partial charge in [0.15, 0.2) is 0 Å². The smallest absolute Gasteiger partial charge is 0.238 e. The van der Waals surface area contributed by atoms with E-state index in [-0.39, 0.29) is 4.90 Å². The van der Waals surface area contributed by atoms with Crippen LogP contribution in [0.4, 0.5) is 0 Å². The van der Waals surface area contributed by atoms with Crippen molar-refractivity contribution in [3.63, 3.8) is 0 Å². The zero-order chi connectivity index (χ0) is 17.4. The van der Waals surface area contributed by atoms with E-state index in [1.165, 1.54) is 12.1 Å². The van der Waals surface area contributed by atoms with Gasteiger partial charge in [-0.25, -0.2) is 13.6 Å². The Labute approximate surface area is 142 Å². The Bertz CT molecular complexity index is 718. The lowest BCUT2D eigenvalue weighted by Crippen LogP contribution is -2.28. The average molecular weight is 350 g/mol. The van der Waals surface area contributed by atoms with E-state index in [0.717, 1.165) is 18.8 Å². The van der Waals surface area contributed by atoms with Crippen molar-refractivity contribution in [3.8, 4) is 11.5 Å². The summed E-state index contributed by atoms with van der Waals surface area (Å²) < 4.78 is 33.6. The molecule has 2 rings (SSSR count). The molecule has 2 aromatic carbocycles. The van der Waals surface area contributed by atoms with E-state index in [2.05, 4.69) is 4.90 Å². The number of nitrogens with two attached hydrogens (primary N) is 1. The first-order valence-corrected chi connectivity index (χ1v) is 9.12. The maximum atomic E-state index is 11.2. The fourth-order valence-corrected chi connectivity index (χ4v) is 2.51. The molecular formula is C17H22N2O4S. The monoisotopic (exact) mass is 350 g/mol. The number of rotatable bonds is 9. The van der Waals surface area contributed by atoms with E-state index in [0.29, 0.717) is 19.0 Å². The number of benzene rings is 2. The van der Waals surface area contributed by atoms with Crippen LogP contribution in [0.5, 0.6) is 11.5 Å². The minimum absolute atomic E-state index is 0.0741. The van der Waals surface area contributed by atoms with E-state index in [9.17, 15) is 8.42 Å². The van der Waals surface area contributed by atoms with E-state index in [4.69, 9.17) is 14.6 Å². The molecule has 0 radical (unpaired) electrons. The first-order chi connectivity index (χ1) is 11.4. The summed E-state index contributed by atoms with van der Waals surface area (Å²) in [5.74, 6) is 1.47. The highest BCUT2D eigenvalue weighted by Crippen LogP contribution is 2.14. The Morgan fingerprint density at radius 3 is 1.88 bits per heavy atom. The molecule has 0 spiro atoms. The molecule has 24 heavy (non-hydrogen) atoms. The Kier molecular flexibility index (Phi) is 6.60. The quantitative estimate of drug-likeness (QED) is 0.745. The van der Waals surface area contributed by atoms with Crippen molar-refractivity contribution in [2.45, 2.75) is 4.90 Å². The second-order valence-electron chi connectivity index (χ2n) is 5.33. The van der Waals surface area contributed by atoms with Crippen LogP contribution < -0.4 is 14.6 Å². The van der Waals surface area contributed by atoms with E-state index >= 15 is 0 Å². The van der Waals surface area contributed by atoms with Gasteiger partial charge in [-0.3, -0.25) is 4.90 Å². The summed E-state index contributed by atoms with van der Waals surface area (Å²) in [7, 11) is -1.68. The summed E-state index contributed by atoms with van der Waals surface area (Å²) in [5.41, 5.74) is 0. The maximum Gasteiger partial charge on any atom is 0.238 e. The molecule has 0 aliphatic heterocycles. The second-order valence-corrected chi connectivity index (χ2v) is 6.89. The number of hydrogen-bond donors (Lipinski definition) is 1. The zero-order valence-electron chi connectivity index (χ0n) is 13.6. The van der Waals surface area contributed by atoms with Gasteiger partial charge in [0, 0.05) is 13.1 Å². The van der Waals surface area contributed by atoms with Gasteiger partial charge in [-0.2, -0.15) is 0 Å². The third-order valence-electron chi connectivity index (χ3n) is 3.38. The van der Waals surface area contributed by atoms with Crippen molar-refractivity contribution >= 4 is 10.0 Å². The molecule has 2 N–H and O–H groups in total. The first kappa shape index (κ1) is 18.3. The summed E-state index contributed by atoms with van der Waals surface area (Å²) in [6, 6.07) is 15.7. The zero-order valence-corrected chi connectivity index (χ0v) is 14.4. The molecule has 0 amide bonds. The molecule has 0 bridgehead atoms. The predicted molar refractivity (Wildman–Crippen MR) is 92.7 cm³/mol. The molecular weight excluding hydrogens is 328 g/mol. The van der Waals surface area contributed by atoms with Crippen LogP contribution in [0, 0.1) is 0 Å². The lowest BCUT2D eigenvalue weighted by Gasteiger charge is -2.17. The van der Waals surface area contributed by atoms with Crippen molar-refractivity contribution in [2.75, 3.05) is 33.4 Å². The largest absolute Gasteiger partial charge is 0.492 e. The van der Waals surface area contributed by atoms with Crippen molar-refractivity contribution < 1.29 is 17.9 Å². The van der Waals surface area contributed by atoms with Gasteiger partial charge in [0.2, 0.25) is 10.0 Å². The topological polar surface area (TPSA) is 81.9 Å². The van der Waals surface area contributed by atoms with Gasteiger partial charge in [-0.15, -0.1) is 0 Å². The lowest BCUT2D eigenvalue weighted by molar-refractivity contribution is 0.202. The average Bonchev–Trinajstić information content (AvgIpc) is 2.55. The molecule has 6 nitrogen and oxygen atoms in total. The molecule has 7 heteroatoms. The third kappa shape index (κ3) is 6.19. The van der Waals surface area contributed by atoms with Crippen LogP contribution in [0.3, 0.4) is 0 Å². The van der Waals surface area contributed by atoms with Gasteiger partial charge in [-0.1, -0.05) is 18.2 Å². The lowest BCUT2D eigenvalue weighted by atomic mass is 10.3. The van der Waals surface area contributed by atoms with Crippen LogP contribution in [0.25, 0.3) is 0 Å². The number of primary sulfonamides is 1. The summed E-state index contributed by atoms with van der Waals surface area (Å²) in [5, 5.41) is 5.05. The summed E-state index contributed by atoms with van der Waals surface area (Å²) >= 11 is 0. The first-order valence-electron chi connectivity index (χ1n) is 7.57. The van der Waals surface area contributed by atoms with Crippen LogP contribution in [-0.2, 0) is 10.0 Å². The van der Waals surface area contributed by atoms with Crippen LogP contribution in [-0.4, -0.2) is 46.7 Å². The van der Waals surface area contributed by atoms with Crippen LogP contribution in [0.2, 0.25) is 0 Å². The van der Waals surface area contributed by atoms with E-state index < -0.39 is 10.0 Å². The Morgan fingerprint density at radius 2 is 1.38 bits per heavy atom. The van der Waals surface area contributed by atoms with Crippen molar-refractivity contribution in [2.24, 2.45) is 5.14 Å². The van der Waals surface area contributed by atoms with Gasteiger partial charge in [0.25, 0.3) is 0 Å². The number of likely N-dealkylation sites (N-methyl/N-ethyl adjacent to an activating group) is 1. The van der Waals surface area contributed by atoms with Crippen LogP contribution in [0.1, 0.15) is 0 Å². The Morgan fingerprint density at radius 1 is 0.875 bits per heavy atom. The summed E-state index contributed by atoms with van der Waals surface area (Å²) in [6.07, 6.45) is 0. The molecule has 0 unspecified atom stereocenters. The van der Waals surface area contributed by atoms with Gasteiger partial charge in [-0.05, 0) is 43.4 Å². The number of ether oxygens (including phenoxy) is 2. The Hall–Kier alpha value is -2.09. The van der Waals surface area contributed by atoms with Gasteiger partial charge < -0.3 is 9.47 Å². The molecule has 0 atom stereocenters. The van der Waals surface area contributed by atoms with Crippen molar-refractivity contribution in [1.82, 2.24) is 4.90 Å². The molecule has 2 aromatic rings. The maximum absolute atomic E-state index is 11.2. The highest BCUT2D eigenvalue weighted by Gasteiger charge is 2.07. The summed E-state index contributed by atoms with van der Waals surface area (Å²) in [4.78, 5) is 2.17. The minimum atomic E-state index is -3.66. The number of sulfonamides is 1. The van der Waals surface area contributed by atoms with Gasteiger partial charge >= 0.3 is 0 Å². The molecule has 0 saturated carbocycles. The van der Waals surface area contributed by atoms with E-state index in [1.807, 2.05) is 37.4 Å². The van der Waals surface area contributed by atoms with Crippen LogP contribution >= 0.6 is 0 Å². The van der Waals surface area contributed by atoms with E-state index in [1.54, 1.807) is 12.1 Å². The fourth-order valence-electron chi connectivity index (χ4n) is 1.99. The standard InChI is InChI=1S/C17H22N2O4S/c1-19(11-13-22-15-5-3-2-4-6-15)12-14-23-16-7-9-17(10-8-16)24(18,20)21/h2-10H,11-14H2,1H3,(H2,18,20,21). The van der Waals surface area contributed by atoms with Gasteiger partial charge in [0.1, 0.15) is 24.7 Å². The van der Waals surface area contributed by atoms with Gasteiger partial charge in [0.05, 0.1) is 4.90 Å². The molecule has 130 valence electrons. The second kappa shape index (κ2) is 8.68. The molecule has 0 aliphatic rings. The normalized spacial score (nSPS) is 11.5. The highest BCUT2D eigenvalue weighted by molar-refractivity contribution is 7.89. The number of nitrogens with zero attached hydrogens (tertiary/aromatic N) is 1. The molecule has 0 saturated heterocycles. The Balaban J connectivity index is 1.66. The third-order valence-corrected chi connectivity index (χ3v) is 4.31. The predicted octanol–water partition coefficient (Wildman–Crippen LogP) is 1.72.